The molecule has 0 fully saturated rings. The van der Waals surface area contributed by atoms with Gasteiger partial charge in [-0.05, 0) is 54.9 Å². The van der Waals surface area contributed by atoms with Crippen LogP contribution in [0.2, 0.25) is 0 Å². The summed E-state index contributed by atoms with van der Waals surface area (Å²) in [6.45, 7) is 10.8. The predicted molar refractivity (Wildman–Crippen MR) is 76.1 cm³/mol. The Balaban J connectivity index is -0.0000000825. The number of aliphatic hydroxyl groups is 1. The second-order valence-electron chi connectivity index (χ2n) is 4.25. The van der Waals surface area contributed by atoms with Crippen LogP contribution in [0.25, 0.3) is 0 Å². The van der Waals surface area contributed by atoms with Gasteiger partial charge in [-0.2, -0.15) is 0 Å². The van der Waals surface area contributed by atoms with Gasteiger partial charge in [0.25, 0.3) is 0 Å². The molecule has 19 heavy (non-hydrogen) atoms. The Labute approximate surface area is 116 Å². The van der Waals surface area contributed by atoms with Crippen LogP contribution in [0.4, 0.5) is 0 Å². The minimum atomic E-state index is 0.125. The second-order valence-corrected chi connectivity index (χ2v) is 4.25. The van der Waals surface area contributed by atoms with Crippen molar-refractivity contribution in [2.45, 2.75) is 61.3 Å². The molecule has 0 radical (unpaired) electrons. The van der Waals surface area contributed by atoms with E-state index in [0.717, 1.165) is 0 Å². The van der Waals surface area contributed by atoms with E-state index < -0.39 is 0 Å². The van der Waals surface area contributed by atoms with Gasteiger partial charge in [-0.15, -0.1) is 0 Å². The molecule has 0 aliphatic rings. The number of carbonyl (C=O) groups is 4. The smallest absolute Gasteiger partial charge is 0.129 e. The molecule has 0 unspecified atom stereocenters. The molecule has 0 bridgehead atoms. The van der Waals surface area contributed by atoms with Crippen LogP contribution in [-0.2, 0) is 19.2 Å². The molecule has 0 aromatic rings. The molecule has 0 saturated carbocycles. The van der Waals surface area contributed by atoms with Crippen molar-refractivity contribution in [1.82, 2.24) is 0 Å². The summed E-state index contributed by atoms with van der Waals surface area (Å²) in [5.41, 5.74) is 0. The van der Waals surface area contributed by atoms with Crippen LogP contribution in [-0.4, -0.2) is 34.8 Å². The van der Waals surface area contributed by atoms with E-state index in [9.17, 15) is 19.2 Å². The Kier molecular flexibility index (Phi) is 30.2. The zero-order chi connectivity index (χ0) is 16.4. The Hall–Kier alpha value is -1.36. The van der Waals surface area contributed by atoms with E-state index in [1.54, 1.807) is 0 Å². The molecular formula is C14H28O5. The molecule has 0 aromatic carbocycles. The Morgan fingerprint density at radius 3 is 0.947 bits per heavy atom. The van der Waals surface area contributed by atoms with Gasteiger partial charge >= 0.3 is 0 Å². The van der Waals surface area contributed by atoms with E-state index >= 15 is 0 Å². The first kappa shape index (κ1) is 26.3. The fraction of sp³-hybridized carbons (Fsp3) is 0.714. The molecule has 0 amide bonds. The molecule has 5 nitrogen and oxygen atoms in total. The second kappa shape index (κ2) is 21.9. The van der Waals surface area contributed by atoms with E-state index in [1.165, 1.54) is 48.5 Å². The number of hydrogen-bond donors (Lipinski definition) is 1. The molecule has 0 aliphatic carbocycles. The lowest BCUT2D eigenvalue weighted by molar-refractivity contribution is -0.117. The van der Waals surface area contributed by atoms with Crippen molar-refractivity contribution in [3.05, 3.63) is 0 Å². The van der Waals surface area contributed by atoms with E-state index in [2.05, 4.69) is 0 Å². The normalized spacial score (nSPS) is 7.37. The maximum atomic E-state index is 10.1. The maximum absolute atomic E-state index is 10.1. The number of carbonyl (C=O) groups excluding carboxylic acids is 4. The van der Waals surface area contributed by atoms with Crippen LogP contribution < -0.4 is 0 Å². The highest BCUT2D eigenvalue weighted by Crippen LogP contribution is 1.85. The number of aliphatic hydroxyl groups excluding tert-OH is 1. The Bertz CT molecular complexity index is 216. The zero-order valence-electron chi connectivity index (χ0n) is 13.2. The molecule has 0 atom stereocenters. The van der Waals surface area contributed by atoms with Crippen molar-refractivity contribution in [1.29, 1.82) is 0 Å². The van der Waals surface area contributed by atoms with E-state index in [0.29, 0.717) is 12.8 Å². The van der Waals surface area contributed by atoms with E-state index in [-0.39, 0.29) is 29.7 Å². The van der Waals surface area contributed by atoms with Gasteiger partial charge in [-0.1, -0.05) is 0 Å². The van der Waals surface area contributed by atoms with Crippen molar-refractivity contribution >= 4 is 23.1 Å². The molecule has 114 valence electrons. The average molecular weight is 276 g/mol. The number of rotatable bonds is 3. The van der Waals surface area contributed by atoms with Crippen molar-refractivity contribution < 1.29 is 24.3 Å². The molecule has 0 aliphatic heterocycles. The molecule has 5 heteroatoms. The summed E-state index contributed by atoms with van der Waals surface area (Å²) in [5.74, 6) is 0.647. The third kappa shape index (κ3) is 512. The monoisotopic (exact) mass is 276 g/mol. The minimum Gasteiger partial charge on any atom is -0.396 e. The number of hydrogen-bond acceptors (Lipinski definition) is 5. The number of ketones is 4. The Morgan fingerprint density at radius 1 is 0.684 bits per heavy atom. The zero-order valence-corrected chi connectivity index (χ0v) is 13.2. The molecule has 0 rings (SSSR count). The molecule has 0 saturated heterocycles. The third-order valence-electron chi connectivity index (χ3n) is 0.687. The lowest BCUT2D eigenvalue weighted by atomic mass is 10.2. The van der Waals surface area contributed by atoms with Gasteiger partial charge in [0, 0.05) is 13.0 Å². The topological polar surface area (TPSA) is 88.5 Å². The molecule has 1 N–H and O–H groups in total. The van der Waals surface area contributed by atoms with E-state index in [1.807, 2.05) is 0 Å². The van der Waals surface area contributed by atoms with Crippen molar-refractivity contribution in [3.63, 3.8) is 0 Å². The van der Waals surface area contributed by atoms with Gasteiger partial charge in [-0.3, -0.25) is 0 Å². The SMILES string of the molecule is CC(=O)CCCO.CC(C)=O.CC(C)=O.CC(C)=O. The fourth-order valence-corrected chi connectivity index (χ4v) is 0.328. The summed E-state index contributed by atoms with van der Waals surface area (Å²) in [6, 6.07) is 0. The van der Waals surface area contributed by atoms with Gasteiger partial charge in [0.1, 0.15) is 23.1 Å². The number of Topliss-reactive ketones (excluding diaryl/α,β-unsaturated/α-hetero) is 4. The highest BCUT2D eigenvalue weighted by Gasteiger charge is 1.88. The first-order valence-corrected chi connectivity index (χ1v) is 5.99. The lowest BCUT2D eigenvalue weighted by Gasteiger charge is -1.86. The van der Waals surface area contributed by atoms with Gasteiger partial charge in [0.15, 0.2) is 0 Å². The first-order chi connectivity index (χ1) is 8.47. The van der Waals surface area contributed by atoms with Crippen molar-refractivity contribution in [3.8, 4) is 0 Å². The summed E-state index contributed by atoms with van der Waals surface area (Å²) in [4.78, 5) is 38.4. The third-order valence-corrected chi connectivity index (χ3v) is 0.687. The maximum Gasteiger partial charge on any atom is 0.129 e. The molecule has 0 spiro atoms. The van der Waals surface area contributed by atoms with Crippen LogP contribution in [0.3, 0.4) is 0 Å². The molecule has 0 heterocycles. The van der Waals surface area contributed by atoms with Gasteiger partial charge in [0.2, 0.25) is 0 Å². The van der Waals surface area contributed by atoms with Crippen LogP contribution in [0, 0.1) is 0 Å². The highest BCUT2D eigenvalue weighted by atomic mass is 16.3. The first-order valence-electron chi connectivity index (χ1n) is 5.99. The minimum absolute atomic E-state index is 0.125. The summed E-state index contributed by atoms with van der Waals surface area (Å²) in [7, 11) is 0. The van der Waals surface area contributed by atoms with Crippen LogP contribution in [0.5, 0.6) is 0 Å². The quantitative estimate of drug-likeness (QED) is 0.853. The van der Waals surface area contributed by atoms with Crippen LogP contribution in [0.1, 0.15) is 61.3 Å². The summed E-state index contributed by atoms with van der Waals surface area (Å²) in [6.07, 6.45) is 1.12. The molecule has 0 aromatic heterocycles. The Morgan fingerprint density at radius 2 is 0.895 bits per heavy atom. The predicted octanol–water partition coefficient (Wildman–Crippen LogP) is 2.13. The highest BCUT2D eigenvalue weighted by molar-refractivity contribution is 5.75. The largest absolute Gasteiger partial charge is 0.396 e. The van der Waals surface area contributed by atoms with E-state index in [4.69, 9.17) is 5.11 Å². The summed E-state index contributed by atoms with van der Waals surface area (Å²) < 4.78 is 0. The lowest BCUT2D eigenvalue weighted by Crippen LogP contribution is -1.91. The van der Waals surface area contributed by atoms with Crippen LogP contribution >= 0.6 is 0 Å². The van der Waals surface area contributed by atoms with Gasteiger partial charge in [-0.25, -0.2) is 0 Å². The van der Waals surface area contributed by atoms with Crippen molar-refractivity contribution in [2.24, 2.45) is 0 Å². The average Bonchev–Trinajstić information content (AvgIpc) is 2.11. The summed E-state index contributed by atoms with van der Waals surface area (Å²) in [5, 5.41) is 8.16. The standard InChI is InChI=1S/C5H10O2.3C3H6O/c1-5(7)3-2-4-6;3*1-3(2)4/h6H,2-4H2,1H3;3*1-2H3. The van der Waals surface area contributed by atoms with Crippen LogP contribution in [0.15, 0.2) is 0 Å². The summed E-state index contributed by atoms with van der Waals surface area (Å²) >= 11 is 0. The van der Waals surface area contributed by atoms with Crippen molar-refractivity contribution in [2.75, 3.05) is 6.61 Å². The van der Waals surface area contributed by atoms with Gasteiger partial charge in [0.05, 0.1) is 0 Å². The molecular weight excluding hydrogens is 248 g/mol. The fourth-order valence-electron chi connectivity index (χ4n) is 0.328. The van der Waals surface area contributed by atoms with Gasteiger partial charge < -0.3 is 24.3 Å².